The quantitative estimate of drug-likeness (QED) is 0.884. The molecule has 0 radical (unpaired) electrons. The molecule has 0 fully saturated rings. The van der Waals surface area contributed by atoms with Gasteiger partial charge in [0, 0.05) is 12.7 Å². The van der Waals surface area contributed by atoms with Crippen molar-refractivity contribution in [1.29, 1.82) is 0 Å². The second-order valence-electron chi connectivity index (χ2n) is 5.05. The molecule has 1 unspecified atom stereocenters. The lowest BCUT2D eigenvalue weighted by Crippen LogP contribution is -2.14. The number of ether oxygens (including phenoxy) is 1. The minimum absolute atomic E-state index is 0.0593. The number of methoxy groups -OCH3 is 1. The number of hydrogen-bond donors (Lipinski definition) is 1. The first-order chi connectivity index (χ1) is 10.1. The topological polar surface area (TPSA) is 29.5 Å². The van der Waals surface area contributed by atoms with E-state index in [4.69, 9.17) is 4.74 Å². The highest BCUT2D eigenvalue weighted by Crippen LogP contribution is 2.23. The van der Waals surface area contributed by atoms with Crippen LogP contribution in [0.2, 0.25) is 0 Å². The molecule has 2 aromatic rings. The molecule has 0 heterocycles. The summed E-state index contributed by atoms with van der Waals surface area (Å²) in [5, 5.41) is 9.52. The van der Waals surface area contributed by atoms with Crippen LogP contribution in [0.1, 0.15) is 11.1 Å². The highest BCUT2D eigenvalue weighted by molar-refractivity contribution is 5.33. The molecule has 0 spiro atoms. The number of aliphatic hydroxyl groups excluding tert-OH is 1. The van der Waals surface area contributed by atoms with Crippen LogP contribution in [0.25, 0.3) is 0 Å². The van der Waals surface area contributed by atoms with E-state index in [-0.39, 0.29) is 12.5 Å². The van der Waals surface area contributed by atoms with Crippen molar-refractivity contribution in [3.05, 3.63) is 65.2 Å². The minimum atomic E-state index is -0.598. The van der Waals surface area contributed by atoms with Gasteiger partial charge in [0.05, 0.1) is 7.11 Å². The van der Waals surface area contributed by atoms with Gasteiger partial charge in [0.25, 0.3) is 0 Å². The maximum atomic E-state index is 13.2. The fourth-order valence-corrected chi connectivity index (χ4v) is 2.45. The Balaban J connectivity index is 2.13. The van der Waals surface area contributed by atoms with E-state index in [1.165, 1.54) is 12.1 Å². The molecule has 0 saturated carbocycles. The zero-order valence-corrected chi connectivity index (χ0v) is 11.9. The molecule has 4 heteroatoms. The Hall–Kier alpha value is -1.94. The average Bonchev–Trinajstić information content (AvgIpc) is 2.46. The van der Waals surface area contributed by atoms with Crippen LogP contribution in [0.4, 0.5) is 8.78 Å². The molecule has 0 amide bonds. The molecule has 112 valence electrons. The number of para-hydroxylation sites is 1. The fraction of sp³-hybridized carbons (Fsp3) is 0.294. The maximum absolute atomic E-state index is 13.2. The van der Waals surface area contributed by atoms with Gasteiger partial charge in [0.1, 0.15) is 17.4 Å². The summed E-state index contributed by atoms with van der Waals surface area (Å²) in [6.45, 7) is -0.0593. The molecule has 2 aromatic carbocycles. The van der Waals surface area contributed by atoms with Gasteiger partial charge >= 0.3 is 0 Å². The van der Waals surface area contributed by atoms with Gasteiger partial charge in [0.2, 0.25) is 0 Å². The first kappa shape index (κ1) is 15.4. The number of benzene rings is 2. The third-order valence-electron chi connectivity index (χ3n) is 3.41. The molecule has 0 bridgehead atoms. The lowest BCUT2D eigenvalue weighted by atomic mass is 9.92. The molecule has 0 aromatic heterocycles. The van der Waals surface area contributed by atoms with E-state index in [1.807, 2.05) is 24.3 Å². The standard InChI is InChI=1S/C17H18F2O2/c1-21-17-5-3-2-4-14(17)7-13(11-20)6-12-8-15(18)10-16(19)9-12/h2-5,8-10,13,20H,6-7,11H2,1H3. The van der Waals surface area contributed by atoms with Gasteiger partial charge < -0.3 is 9.84 Å². The molecule has 2 rings (SSSR count). The lowest BCUT2D eigenvalue weighted by molar-refractivity contribution is 0.224. The summed E-state index contributed by atoms with van der Waals surface area (Å²) in [5.41, 5.74) is 1.51. The van der Waals surface area contributed by atoms with E-state index in [1.54, 1.807) is 7.11 Å². The number of aliphatic hydroxyl groups is 1. The van der Waals surface area contributed by atoms with E-state index < -0.39 is 11.6 Å². The van der Waals surface area contributed by atoms with Gasteiger partial charge in [-0.1, -0.05) is 18.2 Å². The largest absolute Gasteiger partial charge is 0.496 e. The molecule has 2 nitrogen and oxygen atoms in total. The molecule has 1 N–H and O–H groups in total. The minimum Gasteiger partial charge on any atom is -0.496 e. The Morgan fingerprint density at radius 3 is 2.33 bits per heavy atom. The van der Waals surface area contributed by atoms with Crippen molar-refractivity contribution in [3.8, 4) is 5.75 Å². The van der Waals surface area contributed by atoms with Crippen LogP contribution in [0, 0.1) is 17.6 Å². The fourth-order valence-electron chi connectivity index (χ4n) is 2.45. The number of rotatable bonds is 6. The molecule has 0 aliphatic carbocycles. The van der Waals surface area contributed by atoms with Crippen LogP contribution in [0.5, 0.6) is 5.75 Å². The Morgan fingerprint density at radius 1 is 1.05 bits per heavy atom. The second kappa shape index (κ2) is 7.18. The summed E-state index contributed by atoms with van der Waals surface area (Å²) in [7, 11) is 1.59. The first-order valence-electron chi connectivity index (χ1n) is 6.80. The number of halogens is 2. The van der Waals surface area contributed by atoms with Gasteiger partial charge in [-0.3, -0.25) is 0 Å². The maximum Gasteiger partial charge on any atom is 0.126 e. The van der Waals surface area contributed by atoms with Gasteiger partial charge in [-0.25, -0.2) is 8.78 Å². The molecule has 0 saturated heterocycles. The van der Waals surface area contributed by atoms with Crippen molar-refractivity contribution in [2.45, 2.75) is 12.8 Å². The lowest BCUT2D eigenvalue weighted by Gasteiger charge is -2.16. The summed E-state index contributed by atoms with van der Waals surface area (Å²) in [6, 6.07) is 11.0. The van der Waals surface area contributed by atoms with E-state index in [0.29, 0.717) is 18.4 Å². The summed E-state index contributed by atoms with van der Waals surface area (Å²) in [4.78, 5) is 0. The van der Waals surface area contributed by atoms with Crippen molar-refractivity contribution in [2.24, 2.45) is 5.92 Å². The van der Waals surface area contributed by atoms with Crippen LogP contribution in [0.15, 0.2) is 42.5 Å². The zero-order chi connectivity index (χ0) is 15.2. The zero-order valence-electron chi connectivity index (χ0n) is 11.9. The summed E-state index contributed by atoms with van der Waals surface area (Å²) in [6.07, 6.45) is 0.988. The van der Waals surface area contributed by atoms with E-state index >= 15 is 0 Å². The Labute approximate surface area is 123 Å². The monoisotopic (exact) mass is 292 g/mol. The second-order valence-corrected chi connectivity index (χ2v) is 5.05. The van der Waals surface area contributed by atoms with Crippen LogP contribution in [0.3, 0.4) is 0 Å². The average molecular weight is 292 g/mol. The number of hydrogen-bond acceptors (Lipinski definition) is 2. The first-order valence-corrected chi connectivity index (χ1v) is 6.80. The summed E-state index contributed by atoms with van der Waals surface area (Å²) in [5.74, 6) is -0.568. The highest BCUT2D eigenvalue weighted by atomic mass is 19.1. The van der Waals surface area contributed by atoms with Gasteiger partial charge in [-0.2, -0.15) is 0 Å². The Kier molecular flexibility index (Phi) is 5.28. The van der Waals surface area contributed by atoms with Gasteiger partial charge in [0.15, 0.2) is 0 Å². The molecule has 21 heavy (non-hydrogen) atoms. The van der Waals surface area contributed by atoms with Gasteiger partial charge in [-0.05, 0) is 48.1 Å². The normalized spacial score (nSPS) is 12.2. The molecular formula is C17H18F2O2. The van der Waals surface area contributed by atoms with Crippen molar-refractivity contribution in [2.75, 3.05) is 13.7 Å². The highest BCUT2D eigenvalue weighted by Gasteiger charge is 2.13. The summed E-state index contributed by atoms with van der Waals surface area (Å²) >= 11 is 0. The van der Waals surface area contributed by atoms with E-state index in [9.17, 15) is 13.9 Å². The van der Waals surface area contributed by atoms with Crippen LogP contribution >= 0.6 is 0 Å². The summed E-state index contributed by atoms with van der Waals surface area (Å²) < 4.78 is 31.7. The molecule has 1 atom stereocenters. The van der Waals surface area contributed by atoms with Crippen LogP contribution in [-0.4, -0.2) is 18.8 Å². The SMILES string of the molecule is COc1ccccc1CC(CO)Cc1cc(F)cc(F)c1. The van der Waals surface area contributed by atoms with E-state index in [2.05, 4.69) is 0 Å². The Bertz CT molecular complexity index is 579. The molecule has 0 aliphatic rings. The Morgan fingerprint density at radius 2 is 1.71 bits per heavy atom. The molecule has 0 aliphatic heterocycles. The third kappa shape index (κ3) is 4.26. The van der Waals surface area contributed by atoms with Crippen molar-refractivity contribution in [3.63, 3.8) is 0 Å². The van der Waals surface area contributed by atoms with Crippen molar-refractivity contribution in [1.82, 2.24) is 0 Å². The third-order valence-corrected chi connectivity index (χ3v) is 3.41. The van der Waals surface area contributed by atoms with Crippen LogP contribution < -0.4 is 4.74 Å². The smallest absolute Gasteiger partial charge is 0.126 e. The van der Waals surface area contributed by atoms with Crippen molar-refractivity contribution < 1.29 is 18.6 Å². The van der Waals surface area contributed by atoms with Crippen LogP contribution in [-0.2, 0) is 12.8 Å². The molecular weight excluding hydrogens is 274 g/mol. The van der Waals surface area contributed by atoms with E-state index in [0.717, 1.165) is 17.4 Å². The predicted molar refractivity (Wildman–Crippen MR) is 77.3 cm³/mol. The van der Waals surface area contributed by atoms with Crippen molar-refractivity contribution >= 4 is 0 Å². The predicted octanol–water partition coefficient (Wildman–Crippen LogP) is 3.37. The van der Waals surface area contributed by atoms with Gasteiger partial charge in [-0.15, -0.1) is 0 Å².